The fourth-order valence-corrected chi connectivity index (χ4v) is 0.217. The van der Waals surface area contributed by atoms with Gasteiger partial charge in [0.1, 0.15) is 0 Å². The highest BCUT2D eigenvalue weighted by atomic mass is 32.1. The Hall–Kier alpha value is 0.180. The van der Waals surface area contributed by atoms with E-state index in [1.807, 2.05) is 6.92 Å². The van der Waals surface area contributed by atoms with Crippen molar-refractivity contribution in [1.29, 1.82) is 0 Å². The van der Waals surface area contributed by atoms with Gasteiger partial charge < -0.3 is 0 Å². The van der Waals surface area contributed by atoms with Crippen LogP contribution in [0.4, 0.5) is 0 Å². The summed E-state index contributed by atoms with van der Waals surface area (Å²) in [4.78, 5) is 0.741. The van der Waals surface area contributed by atoms with Gasteiger partial charge in [-0.05, 0) is 6.42 Å². The number of hydrogen-bond donors (Lipinski definition) is 0. The molecule has 0 aromatic carbocycles. The van der Waals surface area contributed by atoms with Crippen molar-refractivity contribution in [3.8, 4) is 0 Å². The highest BCUT2D eigenvalue weighted by molar-refractivity contribution is 7.88. The third-order valence-electron chi connectivity index (χ3n) is 0.435. The van der Waals surface area contributed by atoms with Crippen LogP contribution in [0.2, 0.25) is 0 Å². The van der Waals surface area contributed by atoms with Crippen LogP contribution in [-0.2, 0) is 0 Å². The molecule has 0 N–H and O–H groups in total. The van der Waals surface area contributed by atoms with E-state index in [-0.39, 0.29) is 0 Å². The number of hydrogen-bond acceptors (Lipinski definition) is 2. The summed E-state index contributed by atoms with van der Waals surface area (Å²) in [5, 5.41) is 2.43. The van der Waals surface area contributed by atoms with Crippen LogP contribution in [-0.4, -0.2) is 10.2 Å². The molecule has 0 aliphatic heterocycles. The molecule has 0 rings (SSSR count). The van der Waals surface area contributed by atoms with Gasteiger partial charge in [-0.15, -0.1) is 0 Å². The van der Waals surface area contributed by atoms with Crippen LogP contribution in [0.15, 0.2) is 0 Å². The maximum absolute atomic E-state index is 4.64. The molecule has 0 amide bonds. The maximum Gasteiger partial charge on any atom is 0.0708 e. The third kappa shape index (κ3) is 2.42. The van der Waals surface area contributed by atoms with Gasteiger partial charge in [-0.1, -0.05) is 31.4 Å². The van der Waals surface area contributed by atoms with Crippen LogP contribution < -0.4 is 0 Å². The van der Waals surface area contributed by atoms with Gasteiger partial charge in [-0.2, -0.15) is 0 Å². The summed E-state index contributed by atoms with van der Waals surface area (Å²) in [6.07, 6.45) is 0.846. The fraction of sp³-hybridized carbons (Fsp3) is 0.500. The minimum Gasteiger partial charge on any atom is -0.0833 e. The third-order valence-corrected chi connectivity index (χ3v) is 1.20. The molecule has 0 aromatic heterocycles. The molecule has 0 nitrogen and oxygen atoms in total. The van der Waals surface area contributed by atoms with E-state index in [0.29, 0.717) is 0 Å². The van der Waals surface area contributed by atoms with E-state index in [2.05, 4.69) is 29.8 Å². The van der Waals surface area contributed by atoms with Crippen LogP contribution in [0.5, 0.6) is 0 Å². The van der Waals surface area contributed by atoms with Crippen molar-refractivity contribution in [2.75, 3.05) is 0 Å². The Kier molecular flexibility index (Phi) is 3.47. The van der Waals surface area contributed by atoms with Crippen LogP contribution in [0, 0.1) is 0 Å². The lowest BCUT2D eigenvalue weighted by atomic mass is 10.4. The average molecular weight is 117 g/mol. The van der Waals surface area contributed by atoms with Crippen LogP contribution in [0.3, 0.4) is 0 Å². The molecule has 0 unspecified atom stereocenters. The van der Waals surface area contributed by atoms with E-state index < -0.39 is 0 Å². The topological polar surface area (TPSA) is 0 Å². The van der Waals surface area contributed by atoms with Gasteiger partial charge >= 0.3 is 0 Å². The van der Waals surface area contributed by atoms with E-state index >= 15 is 0 Å². The second kappa shape index (κ2) is 3.37. The lowest BCUT2D eigenvalue weighted by Crippen LogP contribution is -1.86. The summed E-state index contributed by atoms with van der Waals surface area (Å²) >= 11 is 9.02. The number of thiocarbonyl (C=S) groups is 2. The van der Waals surface area contributed by atoms with Crippen molar-refractivity contribution in [2.45, 2.75) is 13.3 Å². The molecule has 0 atom stereocenters. The molecular formula is C4H5S2. The molecule has 0 fully saturated rings. The predicted octanol–water partition coefficient (Wildman–Crippen LogP) is 1.64. The zero-order chi connectivity index (χ0) is 4.99. The molecule has 33 valence electrons. The van der Waals surface area contributed by atoms with Crippen LogP contribution >= 0.6 is 24.4 Å². The summed E-state index contributed by atoms with van der Waals surface area (Å²) in [5.74, 6) is 0. The van der Waals surface area contributed by atoms with Gasteiger partial charge in [0.25, 0.3) is 0 Å². The molecule has 0 aliphatic carbocycles. The largest absolute Gasteiger partial charge is 0.0833 e. The maximum atomic E-state index is 4.64. The first-order valence-corrected chi connectivity index (χ1v) is 2.54. The van der Waals surface area contributed by atoms with Crippen LogP contribution in [0.25, 0.3) is 0 Å². The van der Waals surface area contributed by atoms with E-state index in [0.717, 1.165) is 11.3 Å². The van der Waals surface area contributed by atoms with Crippen molar-refractivity contribution in [3.05, 3.63) is 0 Å². The van der Waals surface area contributed by atoms with E-state index in [9.17, 15) is 0 Å². The minimum atomic E-state index is 0.741. The monoisotopic (exact) mass is 117 g/mol. The molecule has 0 bridgehead atoms. The molecule has 0 aliphatic rings. The summed E-state index contributed by atoms with van der Waals surface area (Å²) < 4.78 is 0. The second-order valence-electron chi connectivity index (χ2n) is 0.879. The van der Waals surface area contributed by atoms with Crippen molar-refractivity contribution < 1.29 is 0 Å². The second-order valence-corrected chi connectivity index (χ2v) is 1.58. The number of rotatable bonds is 2. The Morgan fingerprint density at radius 2 is 2.33 bits per heavy atom. The van der Waals surface area contributed by atoms with E-state index in [4.69, 9.17) is 0 Å². The van der Waals surface area contributed by atoms with E-state index in [1.54, 1.807) is 0 Å². The van der Waals surface area contributed by atoms with Gasteiger partial charge in [0.15, 0.2) is 0 Å². The summed E-state index contributed by atoms with van der Waals surface area (Å²) in [5.41, 5.74) is 0. The molecule has 0 heterocycles. The Labute approximate surface area is 48.6 Å². The van der Waals surface area contributed by atoms with Crippen molar-refractivity contribution in [1.82, 2.24) is 0 Å². The smallest absolute Gasteiger partial charge is 0.0708 e. The highest BCUT2D eigenvalue weighted by Gasteiger charge is 1.79. The van der Waals surface area contributed by atoms with Crippen molar-refractivity contribution >= 4 is 34.7 Å². The molecule has 0 spiro atoms. The van der Waals surface area contributed by atoms with Gasteiger partial charge in [0, 0.05) is 4.86 Å². The van der Waals surface area contributed by atoms with Gasteiger partial charge in [-0.25, -0.2) is 0 Å². The Morgan fingerprint density at radius 3 is 2.33 bits per heavy atom. The normalized spacial score (nSPS) is 7.50. The standard InChI is InChI=1S/C4H5S2/c1-2-4(6)3-5/h2H2,1H3. The highest BCUT2D eigenvalue weighted by Crippen LogP contribution is 1.78. The zero-order valence-corrected chi connectivity index (χ0v) is 5.16. The Balaban J connectivity index is 3.23. The molecular weight excluding hydrogens is 112 g/mol. The average Bonchev–Trinajstić information content (AvgIpc) is 1.65. The molecule has 1 radical (unpaired) electrons. The fourth-order valence-electron chi connectivity index (χ4n) is 0.0722. The van der Waals surface area contributed by atoms with Gasteiger partial charge in [-0.3, -0.25) is 0 Å². The summed E-state index contributed by atoms with van der Waals surface area (Å²) in [6.45, 7) is 1.96. The predicted molar refractivity (Wildman–Crippen MR) is 35.5 cm³/mol. The van der Waals surface area contributed by atoms with Gasteiger partial charge in [0.05, 0.1) is 5.37 Å². The molecule has 6 heavy (non-hydrogen) atoms. The SMILES string of the molecule is CCC(=S)[C]=S. The molecule has 0 saturated heterocycles. The quantitative estimate of drug-likeness (QED) is 0.504. The lowest BCUT2D eigenvalue weighted by molar-refractivity contribution is 1.34. The minimum absolute atomic E-state index is 0.741. The first kappa shape index (κ1) is 6.18. The molecule has 2 heteroatoms. The lowest BCUT2D eigenvalue weighted by Gasteiger charge is -1.77. The van der Waals surface area contributed by atoms with E-state index in [1.165, 1.54) is 0 Å². The van der Waals surface area contributed by atoms with Gasteiger partial charge in [0.2, 0.25) is 0 Å². The summed E-state index contributed by atoms with van der Waals surface area (Å²) in [7, 11) is 0. The summed E-state index contributed by atoms with van der Waals surface area (Å²) in [6, 6.07) is 0. The van der Waals surface area contributed by atoms with Crippen molar-refractivity contribution in [3.63, 3.8) is 0 Å². The first-order chi connectivity index (χ1) is 2.81. The Bertz CT molecular complexity index is 65.9. The van der Waals surface area contributed by atoms with Crippen LogP contribution in [0.1, 0.15) is 13.3 Å². The Morgan fingerprint density at radius 1 is 1.83 bits per heavy atom. The first-order valence-electron chi connectivity index (χ1n) is 1.72. The zero-order valence-electron chi connectivity index (χ0n) is 3.52. The molecule has 0 aromatic rings. The molecule has 0 saturated carbocycles. The van der Waals surface area contributed by atoms with Crippen molar-refractivity contribution in [2.24, 2.45) is 0 Å².